The molecule has 0 spiro atoms. The maximum absolute atomic E-state index is 11.8. The number of nitrogens with one attached hydrogen (secondary N) is 1. The van der Waals surface area contributed by atoms with Crippen molar-refractivity contribution in [3.8, 4) is 11.6 Å². The summed E-state index contributed by atoms with van der Waals surface area (Å²) in [5.74, 6) is 0.247. The minimum Gasteiger partial charge on any atom is -0.434 e. The molecule has 0 aliphatic carbocycles. The van der Waals surface area contributed by atoms with E-state index < -0.39 is 4.92 Å². The predicted molar refractivity (Wildman–Crippen MR) is 115 cm³/mol. The summed E-state index contributed by atoms with van der Waals surface area (Å²) < 4.78 is 5.75. The maximum Gasteiger partial charge on any atom is 0.373 e. The van der Waals surface area contributed by atoms with Crippen LogP contribution < -0.4 is 10.1 Å². The minimum atomic E-state index is -0.573. The van der Waals surface area contributed by atoms with Crippen molar-refractivity contribution in [2.75, 3.05) is 5.32 Å². The average molecular weight is 422 g/mol. The Balaban J connectivity index is 1.76. The van der Waals surface area contributed by atoms with Crippen LogP contribution in [0.5, 0.6) is 11.6 Å². The Kier molecular flexibility index (Phi) is 5.16. The van der Waals surface area contributed by atoms with Crippen molar-refractivity contribution in [3.05, 3.63) is 81.3 Å². The number of nitro groups is 1. The lowest BCUT2D eigenvalue weighted by molar-refractivity contribution is -0.385. The van der Waals surface area contributed by atoms with Crippen molar-refractivity contribution in [1.82, 2.24) is 15.0 Å². The molecule has 4 aromatic rings. The summed E-state index contributed by atoms with van der Waals surface area (Å²) in [5.41, 5.74) is 2.60. The third kappa shape index (κ3) is 3.72. The Morgan fingerprint density at radius 3 is 2.57 bits per heavy atom. The fourth-order valence-corrected chi connectivity index (χ4v) is 3.22. The second-order valence-electron chi connectivity index (χ2n) is 6.61. The van der Waals surface area contributed by atoms with Crippen LogP contribution in [0.4, 0.5) is 17.2 Å². The van der Waals surface area contributed by atoms with E-state index in [1.807, 2.05) is 26.0 Å². The summed E-state index contributed by atoms with van der Waals surface area (Å²) in [6.07, 6.45) is 2.89. The maximum atomic E-state index is 11.8. The van der Waals surface area contributed by atoms with Gasteiger partial charge >= 0.3 is 11.6 Å². The molecule has 2 heterocycles. The zero-order valence-electron chi connectivity index (χ0n) is 16.1. The highest BCUT2D eigenvalue weighted by Crippen LogP contribution is 2.37. The van der Waals surface area contributed by atoms with Crippen LogP contribution in [0, 0.1) is 24.0 Å². The van der Waals surface area contributed by atoms with Crippen LogP contribution in [0.15, 0.2) is 55.0 Å². The molecule has 0 unspecified atom stereocenters. The van der Waals surface area contributed by atoms with Crippen LogP contribution in [-0.2, 0) is 0 Å². The second kappa shape index (κ2) is 7.92. The van der Waals surface area contributed by atoms with E-state index in [9.17, 15) is 10.1 Å². The van der Waals surface area contributed by atoms with Gasteiger partial charge in [-0.1, -0.05) is 17.7 Å². The van der Waals surface area contributed by atoms with Crippen LogP contribution in [0.25, 0.3) is 10.9 Å². The zero-order chi connectivity index (χ0) is 21.3. The lowest BCUT2D eigenvalue weighted by Crippen LogP contribution is -2.04. The summed E-state index contributed by atoms with van der Waals surface area (Å²) in [7, 11) is 0. The minimum absolute atomic E-state index is 0.0174. The van der Waals surface area contributed by atoms with E-state index in [1.165, 1.54) is 6.33 Å². The molecule has 0 saturated carbocycles. The van der Waals surface area contributed by atoms with E-state index in [1.54, 1.807) is 36.5 Å². The molecule has 9 heteroatoms. The van der Waals surface area contributed by atoms with E-state index in [0.717, 1.165) is 22.0 Å². The molecule has 30 heavy (non-hydrogen) atoms. The standard InChI is InChI=1S/C21H16ClN5O3/c1-12-9-14(10-13(2)18(12)22)30-21-19(27(28)29)20(24-11-25-21)26-17-7-3-6-16-15(17)5-4-8-23-16/h3-11H,1-2H3,(H,24,25,26). The molecular formula is C21H16ClN5O3. The Labute approximate surface area is 176 Å². The smallest absolute Gasteiger partial charge is 0.373 e. The summed E-state index contributed by atoms with van der Waals surface area (Å²) in [5, 5.41) is 16.3. The van der Waals surface area contributed by atoms with Gasteiger partial charge in [-0.3, -0.25) is 15.1 Å². The topological polar surface area (TPSA) is 103 Å². The Bertz CT molecular complexity index is 1250. The van der Waals surface area contributed by atoms with Gasteiger partial charge in [0.15, 0.2) is 0 Å². The average Bonchev–Trinajstić information content (AvgIpc) is 2.72. The van der Waals surface area contributed by atoms with Crippen molar-refractivity contribution in [1.29, 1.82) is 0 Å². The number of anilines is 2. The Morgan fingerprint density at radius 2 is 1.83 bits per heavy atom. The number of aromatic nitrogens is 3. The number of rotatable bonds is 5. The van der Waals surface area contributed by atoms with E-state index >= 15 is 0 Å². The van der Waals surface area contributed by atoms with Gasteiger partial charge in [0.05, 0.1) is 10.4 Å². The first kappa shape index (κ1) is 19.5. The zero-order valence-corrected chi connectivity index (χ0v) is 16.8. The normalized spacial score (nSPS) is 10.8. The molecule has 2 aromatic carbocycles. The number of nitrogens with zero attached hydrogens (tertiary/aromatic N) is 4. The van der Waals surface area contributed by atoms with E-state index in [-0.39, 0.29) is 17.4 Å². The first-order chi connectivity index (χ1) is 14.4. The van der Waals surface area contributed by atoms with Crippen molar-refractivity contribution >= 4 is 39.7 Å². The lowest BCUT2D eigenvalue weighted by Gasteiger charge is -2.12. The molecule has 4 rings (SSSR count). The highest BCUT2D eigenvalue weighted by molar-refractivity contribution is 6.32. The lowest BCUT2D eigenvalue weighted by atomic mass is 10.1. The molecule has 0 saturated heterocycles. The van der Waals surface area contributed by atoms with Gasteiger partial charge in [-0.15, -0.1) is 0 Å². The van der Waals surface area contributed by atoms with Crippen LogP contribution in [0.2, 0.25) is 5.02 Å². The van der Waals surface area contributed by atoms with Crippen LogP contribution in [0.1, 0.15) is 11.1 Å². The van der Waals surface area contributed by atoms with Gasteiger partial charge in [0.1, 0.15) is 12.1 Å². The number of hydrogen-bond acceptors (Lipinski definition) is 7. The van der Waals surface area contributed by atoms with Gasteiger partial charge in [-0.25, -0.2) is 4.98 Å². The van der Waals surface area contributed by atoms with Gasteiger partial charge in [0, 0.05) is 22.3 Å². The first-order valence-electron chi connectivity index (χ1n) is 8.99. The quantitative estimate of drug-likeness (QED) is 0.323. The molecule has 0 bridgehead atoms. The highest BCUT2D eigenvalue weighted by atomic mass is 35.5. The first-order valence-corrected chi connectivity index (χ1v) is 9.36. The molecular weight excluding hydrogens is 406 g/mol. The van der Waals surface area contributed by atoms with Crippen LogP contribution in [-0.4, -0.2) is 19.9 Å². The SMILES string of the molecule is Cc1cc(Oc2ncnc(Nc3cccc4ncccc34)c2[N+](=O)[O-])cc(C)c1Cl. The van der Waals surface area contributed by atoms with E-state index in [2.05, 4.69) is 20.3 Å². The number of halogens is 1. The van der Waals surface area contributed by atoms with E-state index in [0.29, 0.717) is 16.5 Å². The van der Waals surface area contributed by atoms with E-state index in [4.69, 9.17) is 16.3 Å². The number of aryl methyl sites for hydroxylation is 2. The molecule has 0 aliphatic heterocycles. The number of ether oxygens (including phenoxy) is 1. The monoisotopic (exact) mass is 421 g/mol. The molecule has 150 valence electrons. The van der Waals surface area contributed by atoms with Crippen molar-refractivity contribution in [3.63, 3.8) is 0 Å². The number of pyridine rings is 1. The Hall–Kier alpha value is -3.78. The molecule has 0 fully saturated rings. The van der Waals surface area contributed by atoms with Crippen molar-refractivity contribution in [2.24, 2.45) is 0 Å². The van der Waals surface area contributed by atoms with Crippen molar-refractivity contribution in [2.45, 2.75) is 13.8 Å². The second-order valence-corrected chi connectivity index (χ2v) is 6.98. The molecule has 0 amide bonds. The van der Waals surface area contributed by atoms with Gasteiger partial charge in [0.25, 0.3) is 0 Å². The van der Waals surface area contributed by atoms with Gasteiger partial charge in [0.2, 0.25) is 5.82 Å². The van der Waals surface area contributed by atoms with Crippen molar-refractivity contribution < 1.29 is 9.66 Å². The van der Waals surface area contributed by atoms with Crippen LogP contribution >= 0.6 is 11.6 Å². The fourth-order valence-electron chi connectivity index (χ4n) is 3.11. The largest absolute Gasteiger partial charge is 0.434 e. The highest BCUT2D eigenvalue weighted by Gasteiger charge is 2.26. The number of fused-ring (bicyclic) bond motifs is 1. The molecule has 8 nitrogen and oxygen atoms in total. The van der Waals surface area contributed by atoms with Crippen LogP contribution in [0.3, 0.4) is 0 Å². The molecule has 1 N–H and O–H groups in total. The molecule has 0 atom stereocenters. The van der Waals surface area contributed by atoms with Gasteiger partial charge in [-0.2, -0.15) is 4.98 Å². The summed E-state index contributed by atoms with van der Waals surface area (Å²) in [4.78, 5) is 23.6. The van der Waals surface area contributed by atoms with Gasteiger partial charge in [-0.05, 0) is 61.4 Å². The van der Waals surface area contributed by atoms with Gasteiger partial charge < -0.3 is 10.1 Å². The summed E-state index contributed by atoms with van der Waals surface area (Å²) >= 11 is 6.19. The Morgan fingerprint density at radius 1 is 1.07 bits per heavy atom. The number of benzene rings is 2. The fraction of sp³-hybridized carbons (Fsp3) is 0.0952. The third-order valence-corrected chi connectivity index (χ3v) is 5.09. The number of hydrogen-bond donors (Lipinski definition) is 1. The molecule has 0 aliphatic rings. The summed E-state index contributed by atoms with van der Waals surface area (Å²) in [6.45, 7) is 3.66. The molecule has 0 radical (unpaired) electrons. The molecule has 2 aromatic heterocycles. The predicted octanol–water partition coefficient (Wildman–Crippen LogP) is 5.74. The summed E-state index contributed by atoms with van der Waals surface area (Å²) in [6, 6.07) is 12.5. The third-order valence-electron chi connectivity index (χ3n) is 4.49.